The minimum Gasteiger partial charge on any atom is -0.334 e. The van der Waals surface area contributed by atoms with Gasteiger partial charge in [0.1, 0.15) is 0 Å². The Labute approximate surface area is 135 Å². The molecule has 23 heavy (non-hydrogen) atoms. The molecule has 0 N–H and O–H groups in total. The van der Waals surface area contributed by atoms with E-state index in [1.165, 1.54) is 6.42 Å². The Hall–Kier alpha value is -2.53. The molecular weight excluding hydrogens is 288 g/mol. The number of rotatable bonds is 4. The Balaban J connectivity index is 1.51. The molecule has 0 bridgehead atoms. The molecule has 1 fully saturated rings. The van der Waals surface area contributed by atoms with Crippen LogP contribution in [0, 0.1) is 0 Å². The van der Waals surface area contributed by atoms with Gasteiger partial charge in [-0.3, -0.25) is 9.88 Å². The average molecular weight is 306 g/mol. The lowest BCUT2D eigenvalue weighted by molar-refractivity contribution is 0.234. The zero-order valence-corrected chi connectivity index (χ0v) is 12.8. The average Bonchev–Trinajstić information content (AvgIpc) is 3.26. The first kappa shape index (κ1) is 14.1. The molecule has 116 valence electrons. The summed E-state index contributed by atoms with van der Waals surface area (Å²) in [7, 11) is 0. The van der Waals surface area contributed by atoms with E-state index in [9.17, 15) is 0 Å². The summed E-state index contributed by atoms with van der Waals surface area (Å²) in [6.07, 6.45) is 4.15. The number of aromatic nitrogens is 3. The SMILES string of the molecule is c1ccc(-c2nc(CN3CCC[C@H]3c3ccccn3)no2)cc1. The summed E-state index contributed by atoms with van der Waals surface area (Å²) >= 11 is 0. The van der Waals surface area contributed by atoms with Crippen LogP contribution in [0.5, 0.6) is 0 Å². The molecule has 5 heteroatoms. The number of hydrogen-bond donors (Lipinski definition) is 0. The fourth-order valence-corrected chi connectivity index (χ4v) is 3.12. The Bertz CT molecular complexity index is 757. The maximum absolute atomic E-state index is 5.40. The third kappa shape index (κ3) is 3.00. The molecule has 4 rings (SSSR count). The molecule has 1 saturated heterocycles. The van der Waals surface area contributed by atoms with Crippen LogP contribution < -0.4 is 0 Å². The van der Waals surface area contributed by atoms with E-state index in [1.807, 2.05) is 48.7 Å². The minimum atomic E-state index is 0.342. The van der Waals surface area contributed by atoms with Gasteiger partial charge >= 0.3 is 0 Å². The fraction of sp³-hybridized carbons (Fsp3) is 0.278. The van der Waals surface area contributed by atoms with Crippen LogP contribution in [-0.2, 0) is 6.54 Å². The van der Waals surface area contributed by atoms with Crippen molar-refractivity contribution in [2.45, 2.75) is 25.4 Å². The first-order valence-corrected chi connectivity index (χ1v) is 7.93. The lowest BCUT2D eigenvalue weighted by Crippen LogP contribution is -2.24. The van der Waals surface area contributed by atoms with Crippen molar-refractivity contribution < 1.29 is 4.52 Å². The Morgan fingerprint density at radius 1 is 1.09 bits per heavy atom. The molecule has 1 atom stereocenters. The minimum absolute atomic E-state index is 0.342. The third-order valence-electron chi connectivity index (χ3n) is 4.23. The maximum atomic E-state index is 5.40. The summed E-state index contributed by atoms with van der Waals surface area (Å²) < 4.78 is 5.40. The molecule has 3 heterocycles. The fourth-order valence-electron chi connectivity index (χ4n) is 3.12. The molecule has 0 unspecified atom stereocenters. The van der Waals surface area contributed by atoms with E-state index >= 15 is 0 Å². The van der Waals surface area contributed by atoms with Crippen LogP contribution in [0.4, 0.5) is 0 Å². The maximum Gasteiger partial charge on any atom is 0.257 e. The lowest BCUT2D eigenvalue weighted by Gasteiger charge is -2.22. The van der Waals surface area contributed by atoms with E-state index in [0.717, 1.165) is 30.0 Å². The zero-order valence-electron chi connectivity index (χ0n) is 12.8. The van der Waals surface area contributed by atoms with Gasteiger partial charge in [-0.25, -0.2) is 0 Å². The standard InChI is InChI=1S/C18H18N4O/c1-2-7-14(8-3-1)18-20-17(21-23-18)13-22-12-6-10-16(22)15-9-4-5-11-19-15/h1-5,7-9,11,16H,6,10,12-13H2/t16-/m0/s1. The summed E-state index contributed by atoms with van der Waals surface area (Å²) in [6.45, 7) is 1.73. The van der Waals surface area contributed by atoms with Gasteiger partial charge in [0.05, 0.1) is 18.3 Å². The second-order valence-corrected chi connectivity index (χ2v) is 5.76. The first-order valence-electron chi connectivity index (χ1n) is 7.93. The van der Waals surface area contributed by atoms with Gasteiger partial charge in [-0.05, 0) is 43.7 Å². The van der Waals surface area contributed by atoms with E-state index in [0.29, 0.717) is 18.5 Å². The number of likely N-dealkylation sites (tertiary alicyclic amines) is 1. The summed E-state index contributed by atoms with van der Waals surface area (Å²) in [5.74, 6) is 1.31. The van der Waals surface area contributed by atoms with Crippen molar-refractivity contribution in [1.82, 2.24) is 20.0 Å². The smallest absolute Gasteiger partial charge is 0.257 e. The third-order valence-corrected chi connectivity index (χ3v) is 4.23. The van der Waals surface area contributed by atoms with Crippen LogP contribution in [0.1, 0.15) is 30.4 Å². The molecule has 0 amide bonds. The van der Waals surface area contributed by atoms with Crippen molar-refractivity contribution in [2.24, 2.45) is 0 Å². The second-order valence-electron chi connectivity index (χ2n) is 5.76. The molecule has 1 aliphatic rings. The first-order chi connectivity index (χ1) is 11.4. The Morgan fingerprint density at radius 3 is 2.78 bits per heavy atom. The van der Waals surface area contributed by atoms with Gasteiger partial charge in [-0.15, -0.1) is 0 Å². The van der Waals surface area contributed by atoms with Gasteiger partial charge in [0, 0.05) is 11.8 Å². The van der Waals surface area contributed by atoms with E-state index in [1.54, 1.807) is 0 Å². The highest BCUT2D eigenvalue weighted by Crippen LogP contribution is 2.31. The van der Waals surface area contributed by atoms with Crippen molar-refractivity contribution in [1.29, 1.82) is 0 Å². The van der Waals surface area contributed by atoms with E-state index in [4.69, 9.17) is 4.52 Å². The molecule has 0 spiro atoms. The van der Waals surface area contributed by atoms with Crippen molar-refractivity contribution in [2.75, 3.05) is 6.54 Å². The molecule has 1 aromatic carbocycles. The molecule has 0 saturated carbocycles. The number of nitrogens with zero attached hydrogens (tertiary/aromatic N) is 4. The topological polar surface area (TPSA) is 55.1 Å². The van der Waals surface area contributed by atoms with Gasteiger partial charge in [0.15, 0.2) is 5.82 Å². The van der Waals surface area contributed by atoms with E-state index < -0.39 is 0 Å². The molecule has 5 nitrogen and oxygen atoms in total. The van der Waals surface area contributed by atoms with Crippen LogP contribution in [0.25, 0.3) is 11.5 Å². The molecule has 3 aromatic rings. The largest absolute Gasteiger partial charge is 0.334 e. The second kappa shape index (κ2) is 6.30. The van der Waals surface area contributed by atoms with E-state index in [2.05, 4.69) is 26.1 Å². The molecule has 1 aliphatic heterocycles. The summed E-state index contributed by atoms with van der Waals surface area (Å²) in [6, 6.07) is 16.3. The lowest BCUT2D eigenvalue weighted by atomic mass is 10.1. The summed E-state index contributed by atoms with van der Waals surface area (Å²) in [5, 5.41) is 4.14. The number of pyridine rings is 1. The van der Waals surface area contributed by atoms with Gasteiger partial charge in [-0.1, -0.05) is 29.4 Å². The van der Waals surface area contributed by atoms with Gasteiger partial charge in [-0.2, -0.15) is 4.98 Å². The normalized spacial score (nSPS) is 18.3. The highest BCUT2D eigenvalue weighted by Gasteiger charge is 2.28. The van der Waals surface area contributed by atoms with Crippen LogP contribution in [0.15, 0.2) is 59.3 Å². The van der Waals surface area contributed by atoms with E-state index in [-0.39, 0.29) is 0 Å². The predicted octanol–water partition coefficient (Wildman–Crippen LogP) is 3.47. The van der Waals surface area contributed by atoms with Crippen LogP contribution >= 0.6 is 0 Å². The van der Waals surface area contributed by atoms with Crippen LogP contribution in [0.2, 0.25) is 0 Å². The highest BCUT2D eigenvalue weighted by molar-refractivity contribution is 5.51. The van der Waals surface area contributed by atoms with Gasteiger partial charge in [0.2, 0.25) is 0 Å². The quantitative estimate of drug-likeness (QED) is 0.738. The molecule has 0 aliphatic carbocycles. The van der Waals surface area contributed by atoms with Gasteiger partial charge in [0.25, 0.3) is 5.89 Å². The zero-order chi connectivity index (χ0) is 15.5. The van der Waals surface area contributed by atoms with Crippen molar-refractivity contribution in [3.8, 4) is 11.5 Å². The van der Waals surface area contributed by atoms with Crippen molar-refractivity contribution >= 4 is 0 Å². The summed E-state index contributed by atoms with van der Waals surface area (Å²) in [4.78, 5) is 11.4. The summed E-state index contributed by atoms with van der Waals surface area (Å²) in [5.41, 5.74) is 2.07. The number of hydrogen-bond acceptors (Lipinski definition) is 5. The van der Waals surface area contributed by atoms with Crippen LogP contribution in [-0.4, -0.2) is 26.6 Å². The molecule has 2 aromatic heterocycles. The molecular formula is C18H18N4O. The Kier molecular flexibility index (Phi) is 3.86. The Morgan fingerprint density at radius 2 is 1.96 bits per heavy atom. The molecule has 0 radical (unpaired) electrons. The highest BCUT2D eigenvalue weighted by atomic mass is 16.5. The monoisotopic (exact) mass is 306 g/mol. The van der Waals surface area contributed by atoms with Crippen molar-refractivity contribution in [3.63, 3.8) is 0 Å². The van der Waals surface area contributed by atoms with Crippen molar-refractivity contribution in [3.05, 3.63) is 66.2 Å². The van der Waals surface area contributed by atoms with Crippen LogP contribution in [0.3, 0.4) is 0 Å². The van der Waals surface area contributed by atoms with Gasteiger partial charge < -0.3 is 4.52 Å². The predicted molar refractivity (Wildman–Crippen MR) is 86.4 cm³/mol. The number of benzene rings is 1.